The molecule has 0 aliphatic carbocycles. The van der Waals surface area contributed by atoms with Crippen molar-refractivity contribution in [2.24, 2.45) is 0 Å². The van der Waals surface area contributed by atoms with Crippen molar-refractivity contribution >= 4 is 11.8 Å². The molecule has 0 bridgehead atoms. The molecule has 0 amide bonds. The first-order valence-electron chi connectivity index (χ1n) is 4.99. The number of benzene rings is 1. The van der Waals surface area contributed by atoms with Crippen LogP contribution in [-0.4, -0.2) is 4.98 Å². The van der Waals surface area contributed by atoms with Crippen LogP contribution in [0.2, 0.25) is 0 Å². The lowest BCUT2D eigenvalue weighted by atomic mass is 10.3. The molecule has 1 nitrogen and oxygen atoms in total. The first kappa shape index (κ1) is 10.2. The predicted molar refractivity (Wildman–Crippen MR) is 65.0 cm³/mol. The van der Waals surface area contributed by atoms with Crippen molar-refractivity contribution in [3.8, 4) is 0 Å². The lowest BCUT2D eigenvalue weighted by Crippen LogP contribution is -1.91. The van der Waals surface area contributed by atoms with E-state index >= 15 is 0 Å². The number of hydrogen-bond acceptors (Lipinski definition) is 2. The predicted octanol–water partition coefficient (Wildman–Crippen LogP) is 3.93. The van der Waals surface area contributed by atoms with E-state index in [0.29, 0.717) is 5.25 Å². The second kappa shape index (κ2) is 4.99. The van der Waals surface area contributed by atoms with Crippen molar-refractivity contribution in [2.75, 3.05) is 0 Å². The Morgan fingerprint density at radius 1 is 1.00 bits per heavy atom. The summed E-state index contributed by atoms with van der Waals surface area (Å²) in [7, 11) is 0. The maximum absolute atomic E-state index is 4.35. The second-order valence-corrected chi connectivity index (χ2v) is 4.74. The molecule has 0 N–H and O–H groups in total. The molecule has 0 saturated carbocycles. The standard InChI is InChI=1S/C13H13NS/c1-11(13-9-5-6-10-14-13)15-12-7-3-2-4-8-12/h2-11H,1H3. The zero-order valence-electron chi connectivity index (χ0n) is 8.63. The SMILES string of the molecule is CC(Sc1ccccc1)c1ccccn1. The van der Waals surface area contributed by atoms with Crippen molar-refractivity contribution in [3.63, 3.8) is 0 Å². The second-order valence-electron chi connectivity index (χ2n) is 3.33. The number of nitrogens with zero attached hydrogens (tertiary/aromatic N) is 1. The van der Waals surface area contributed by atoms with Crippen molar-refractivity contribution in [3.05, 3.63) is 60.4 Å². The van der Waals surface area contributed by atoms with Crippen LogP contribution in [0.5, 0.6) is 0 Å². The molecule has 15 heavy (non-hydrogen) atoms. The Hall–Kier alpha value is -1.28. The highest BCUT2D eigenvalue weighted by atomic mass is 32.2. The zero-order chi connectivity index (χ0) is 10.5. The highest BCUT2D eigenvalue weighted by Crippen LogP contribution is 2.33. The Morgan fingerprint density at radius 3 is 2.40 bits per heavy atom. The fourth-order valence-electron chi connectivity index (χ4n) is 1.38. The number of thioether (sulfide) groups is 1. The molecule has 0 aliphatic rings. The third kappa shape index (κ3) is 2.83. The summed E-state index contributed by atoms with van der Waals surface area (Å²) in [6.45, 7) is 2.18. The Morgan fingerprint density at radius 2 is 1.73 bits per heavy atom. The molecule has 2 heteroatoms. The summed E-state index contributed by atoms with van der Waals surface area (Å²) < 4.78 is 0. The van der Waals surface area contributed by atoms with Gasteiger partial charge in [-0.05, 0) is 31.2 Å². The molecule has 1 atom stereocenters. The van der Waals surface area contributed by atoms with Gasteiger partial charge in [0.1, 0.15) is 0 Å². The van der Waals surface area contributed by atoms with E-state index in [1.54, 1.807) is 0 Å². The molecular weight excluding hydrogens is 202 g/mol. The van der Waals surface area contributed by atoms with Gasteiger partial charge in [0, 0.05) is 16.3 Å². The van der Waals surface area contributed by atoms with Crippen LogP contribution in [0.1, 0.15) is 17.9 Å². The molecule has 1 aromatic heterocycles. The van der Waals surface area contributed by atoms with Gasteiger partial charge in [-0.2, -0.15) is 0 Å². The molecule has 1 unspecified atom stereocenters. The van der Waals surface area contributed by atoms with Gasteiger partial charge in [0.15, 0.2) is 0 Å². The Balaban J connectivity index is 2.08. The maximum atomic E-state index is 4.35. The topological polar surface area (TPSA) is 12.9 Å². The van der Waals surface area contributed by atoms with E-state index in [4.69, 9.17) is 0 Å². The lowest BCUT2D eigenvalue weighted by molar-refractivity contribution is 1.01. The van der Waals surface area contributed by atoms with E-state index in [9.17, 15) is 0 Å². The minimum atomic E-state index is 0.397. The summed E-state index contributed by atoms with van der Waals surface area (Å²) in [5.41, 5.74) is 1.13. The Kier molecular flexibility index (Phi) is 3.41. The zero-order valence-corrected chi connectivity index (χ0v) is 9.45. The summed E-state index contributed by atoms with van der Waals surface area (Å²) in [5.74, 6) is 0. The average molecular weight is 215 g/mol. The van der Waals surface area contributed by atoms with E-state index in [2.05, 4.69) is 42.2 Å². The van der Waals surface area contributed by atoms with Gasteiger partial charge in [-0.1, -0.05) is 24.3 Å². The smallest absolute Gasteiger partial charge is 0.0534 e. The molecule has 2 aromatic rings. The third-order valence-corrected chi connectivity index (χ3v) is 3.30. The molecule has 2 rings (SSSR count). The monoisotopic (exact) mass is 215 g/mol. The van der Waals surface area contributed by atoms with Gasteiger partial charge in [-0.15, -0.1) is 11.8 Å². The van der Waals surface area contributed by atoms with E-state index in [1.165, 1.54) is 4.90 Å². The molecule has 1 aromatic carbocycles. The number of rotatable bonds is 3. The van der Waals surface area contributed by atoms with Crippen LogP contribution in [0.3, 0.4) is 0 Å². The normalized spacial score (nSPS) is 12.3. The van der Waals surface area contributed by atoms with E-state index < -0.39 is 0 Å². The van der Waals surface area contributed by atoms with E-state index in [1.807, 2.05) is 36.2 Å². The Labute approximate surface area is 94.6 Å². The molecule has 0 spiro atoms. The fraction of sp³-hybridized carbons (Fsp3) is 0.154. The van der Waals surface area contributed by atoms with Crippen molar-refractivity contribution in [1.29, 1.82) is 0 Å². The summed E-state index contributed by atoms with van der Waals surface area (Å²) >= 11 is 1.83. The quantitative estimate of drug-likeness (QED) is 0.719. The first-order chi connectivity index (χ1) is 7.36. The number of hydrogen-bond donors (Lipinski definition) is 0. The summed E-state index contributed by atoms with van der Waals surface area (Å²) in [5, 5.41) is 0.397. The number of pyridine rings is 1. The van der Waals surface area contributed by atoms with Crippen LogP contribution in [0.4, 0.5) is 0 Å². The molecule has 0 aliphatic heterocycles. The molecule has 0 saturated heterocycles. The van der Waals surface area contributed by atoms with Crippen LogP contribution >= 0.6 is 11.8 Å². The van der Waals surface area contributed by atoms with Gasteiger partial charge in [0.25, 0.3) is 0 Å². The molecule has 0 fully saturated rings. The van der Waals surface area contributed by atoms with Gasteiger partial charge in [0.05, 0.1) is 5.69 Å². The van der Waals surface area contributed by atoms with Gasteiger partial charge >= 0.3 is 0 Å². The average Bonchev–Trinajstić information content (AvgIpc) is 2.31. The lowest BCUT2D eigenvalue weighted by Gasteiger charge is -2.09. The minimum Gasteiger partial charge on any atom is -0.260 e. The van der Waals surface area contributed by atoms with Crippen molar-refractivity contribution < 1.29 is 0 Å². The Bertz CT molecular complexity index is 399. The van der Waals surface area contributed by atoms with Crippen LogP contribution < -0.4 is 0 Å². The molecular formula is C13H13NS. The first-order valence-corrected chi connectivity index (χ1v) is 5.87. The van der Waals surface area contributed by atoms with Gasteiger partial charge in [-0.25, -0.2) is 0 Å². The van der Waals surface area contributed by atoms with Gasteiger partial charge in [0.2, 0.25) is 0 Å². The minimum absolute atomic E-state index is 0.397. The summed E-state index contributed by atoms with van der Waals surface area (Å²) in [6.07, 6.45) is 1.84. The van der Waals surface area contributed by atoms with Crippen molar-refractivity contribution in [1.82, 2.24) is 4.98 Å². The van der Waals surface area contributed by atoms with E-state index in [-0.39, 0.29) is 0 Å². The van der Waals surface area contributed by atoms with Crippen LogP contribution in [0.25, 0.3) is 0 Å². The molecule has 1 heterocycles. The summed E-state index contributed by atoms with van der Waals surface area (Å²) in [6, 6.07) is 16.5. The molecule has 76 valence electrons. The highest BCUT2D eigenvalue weighted by molar-refractivity contribution is 7.99. The van der Waals surface area contributed by atoms with Crippen LogP contribution in [-0.2, 0) is 0 Å². The van der Waals surface area contributed by atoms with Crippen molar-refractivity contribution in [2.45, 2.75) is 17.1 Å². The third-order valence-electron chi connectivity index (χ3n) is 2.16. The number of aromatic nitrogens is 1. The largest absolute Gasteiger partial charge is 0.260 e. The van der Waals surface area contributed by atoms with Gasteiger partial charge < -0.3 is 0 Å². The summed E-state index contributed by atoms with van der Waals surface area (Å²) in [4.78, 5) is 5.64. The van der Waals surface area contributed by atoms with Gasteiger partial charge in [-0.3, -0.25) is 4.98 Å². The van der Waals surface area contributed by atoms with Crippen LogP contribution in [0, 0.1) is 0 Å². The maximum Gasteiger partial charge on any atom is 0.0534 e. The fourth-order valence-corrected chi connectivity index (χ4v) is 2.36. The van der Waals surface area contributed by atoms with Crippen LogP contribution in [0.15, 0.2) is 59.6 Å². The van der Waals surface area contributed by atoms with E-state index in [0.717, 1.165) is 5.69 Å². The highest BCUT2D eigenvalue weighted by Gasteiger charge is 2.07. The molecule has 0 radical (unpaired) electrons.